The average Bonchev–Trinajstić information content (AvgIpc) is 3.53. The van der Waals surface area contributed by atoms with Crippen LogP contribution in [-0.2, 0) is 24.3 Å². The van der Waals surface area contributed by atoms with E-state index in [-0.39, 0.29) is 25.3 Å². The predicted octanol–water partition coefficient (Wildman–Crippen LogP) is 5.41. The molecule has 0 radical (unpaired) electrons. The van der Waals surface area contributed by atoms with E-state index in [1.54, 1.807) is 4.90 Å². The summed E-state index contributed by atoms with van der Waals surface area (Å²) >= 11 is 0. The lowest BCUT2D eigenvalue weighted by atomic mass is 10.0. The van der Waals surface area contributed by atoms with Crippen molar-refractivity contribution in [2.45, 2.75) is 44.5 Å². The van der Waals surface area contributed by atoms with Crippen LogP contribution in [0.1, 0.15) is 29.7 Å². The minimum absolute atomic E-state index is 0.191. The molecule has 3 aromatic carbocycles. The summed E-state index contributed by atoms with van der Waals surface area (Å²) in [5.74, 6) is 0.856. The molecule has 3 aliphatic heterocycles. The molecule has 2 saturated heterocycles. The Kier molecular flexibility index (Phi) is 9.07. The minimum Gasteiger partial charge on any atom is -0.462 e. The van der Waals surface area contributed by atoms with Gasteiger partial charge in [-0.05, 0) is 49.9 Å². The molecule has 1 amide bonds. The Morgan fingerprint density at radius 3 is 2.60 bits per heavy atom. The number of hydrogen-bond acceptors (Lipinski definition) is 8. The SMILES string of the molecule is [C-]#[N+]C[C@H]1CN(c2nc(OC[C@@H]3CCCN3C)nc3c2CCN(c2cccc4ccccc24)C3)CCN1C(=O)OCc1ccccc1. The summed E-state index contributed by atoms with van der Waals surface area (Å²) in [6.07, 6.45) is 2.67. The van der Waals surface area contributed by atoms with Gasteiger partial charge in [-0.15, -0.1) is 0 Å². The highest BCUT2D eigenvalue weighted by Crippen LogP contribution is 2.35. The average molecular weight is 632 g/mol. The Morgan fingerprint density at radius 1 is 0.936 bits per heavy atom. The maximum Gasteiger partial charge on any atom is 0.410 e. The van der Waals surface area contributed by atoms with E-state index in [4.69, 9.17) is 26.0 Å². The van der Waals surface area contributed by atoms with Crippen LogP contribution in [0.25, 0.3) is 15.6 Å². The Balaban J connectivity index is 1.15. The number of benzene rings is 3. The lowest BCUT2D eigenvalue weighted by Crippen LogP contribution is -2.57. The van der Waals surface area contributed by atoms with Crippen molar-refractivity contribution in [1.82, 2.24) is 19.8 Å². The summed E-state index contributed by atoms with van der Waals surface area (Å²) in [5.41, 5.74) is 4.22. The van der Waals surface area contributed by atoms with Crippen LogP contribution in [0.4, 0.5) is 16.3 Å². The summed E-state index contributed by atoms with van der Waals surface area (Å²) in [7, 11) is 2.14. The van der Waals surface area contributed by atoms with Gasteiger partial charge in [-0.1, -0.05) is 66.7 Å². The molecule has 0 aliphatic carbocycles. The number of piperazine rings is 1. The van der Waals surface area contributed by atoms with Crippen molar-refractivity contribution in [2.75, 3.05) is 62.7 Å². The van der Waals surface area contributed by atoms with E-state index in [0.717, 1.165) is 48.6 Å². The summed E-state index contributed by atoms with van der Waals surface area (Å²) < 4.78 is 12.0. The third-order valence-corrected chi connectivity index (χ3v) is 9.73. The van der Waals surface area contributed by atoms with Crippen LogP contribution in [0, 0.1) is 6.57 Å². The zero-order valence-corrected chi connectivity index (χ0v) is 26.9. The van der Waals surface area contributed by atoms with Gasteiger partial charge in [-0.3, -0.25) is 4.90 Å². The lowest BCUT2D eigenvalue weighted by molar-refractivity contribution is 0.0788. The zero-order chi connectivity index (χ0) is 32.2. The molecule has 4 aromatic rings. The first-order chi connectivity index (χ1) is 23.1. The molecule has 1 aromatic heterocycles. The molecule has 2 atom stereocenters. The first-order valence-electron chi connectivity index (χ1n) is 16.6. The van der Waals surface area contributed by atoms with Crippen LogP contribution in [0.3, 0.4) is 0 Å². The van der Waals surface area contributed by atoms with E-state index in [9.17, 15) is 4.79 Å². The number of ether oxygens (including phenoxy) is 2. The van der Waals surface area contributed by atoms with Gasteiger partial charge in [0.05, 0.1) is 12.2 Å². The molecule has 10 heteroatoms. The molecule has 0 unspecified atom stereocenters. The highest BCUT2D eigenvalue weighted by Gasteiger charge is 2.36. The second kappa shape index (κ2) is 13.9. The minimum atomic E-state index is -0.387. The third kappa shape index (κ3) is 6.67. The molecule has 2 fully saturated rings. The molecule has 0 spiro atoms. The monoisotopic (exact) mass is 631 g/mol. The van der Waals surface area contributed by atoms with Crippen LogP contribution in [0.5, 0.6) is 6.01 Å². The maximum absolute atomic E-state index is 13.2. The molecular weight excluding hydrogens is 590 g/mol. The largest absolute Gasteiger partial charge is 0.462 e. The molecule has 0 N–H and O–H groups in total. The van der Waals surface area contributed by atoms with Crippen molar-refractivity contribution in [3.63, 3.8) is 0 Å². The number of amides is 1. The Labute approximate surface area is 276 Å². The van der Waals surface area contributed by atoms with E-state index >= 15 is 0 Å². The number of aromatic nitrogens is 2. The molecule has 47 heavy (non-hydrogen) atoms. The standard InChI is InChI=1S/C37H41N7O3/c1-38-22-30-23-43(20-21-44(30)37(45)47-25-27-10-4-3-5-11-27)35-32-17-19-42(34-16-8-13-28-12-6-7-15-31(28)34)24-33(32)39-36(40-35)46-26-29-14-9-18-41(29)2/h3-8,10-13,15-16,29-30H,9,14,17-26H2,2H3/t29-,30-/m0/s1. The van der Waals surface area contributed by atoms with Gasteiger partial charge < -0.3 is 29.0 Å². The quantitative estimate of drug-likeness (QED) is 0.239. The number of anilines is 2. The number of rotatable bonds is 8. The van der Waals surface area contributed by atoms with Gasteiger partial charge in [-0.2, -0.15) is 9.97 Å². The number of carbonyl (C=O) groups is 1. The molecular formula is C37H41N7O3. The van der Waals surface area contributed by atoms with E-state index < -0.39 is 0 Å². The van der Waals surface area contributed by atoms with Crippen molar-refractivity contribution >= 4 is 28.4 Å². The number of likely N-dealkylation sites (tertiary alicyclic amines) is 1. The van der Waals surface area contributed by atoms with Crippen LogP contribution in [0.2, 0.25) is 0 Å². The normalized spacial score (nSPS) is 19.8. The van der Waals surface area contributed by atoms with E-state index in [1.165, 1.54) is 22.9 Å². The van der Waals surface area contributed by atoms with Crippen LogP contribution < -0.4 is 14.5 Å². The maximum atomic E-state index is 13.2. The molecule has 4 heterocycles. The van der Waals surface area contributed by atoms with E-state index in [1.807, 2.05) is 30.3 Å². The second-order valence-corrected chi connectivity index (χ2v) is 12.7. The van der Waals surface area contributed by atoms with Crippen molar-refractivity contribution in [1.29, 1.82) is 0 Å². The van der Waals surface area contributed by atoms with Gasteiger partial charge in [0.1, 0.15) is 25.1 Å². The zero-order valence-electron chi connectivity index (χ0n) is 26.9. The highest BCUT2D eigenvalue weighted by atomic mass is 16.6. The third-order valence-electron chi connectivity index (χ3n) is 9.73. The number of hydrogen-bond donors (Lipinski definition) is 0. The fourth-order valence-corrected chi connectivity index (χ4v) is 7.12. The summed E-state index contributed by atoms with van der Waals surface area (Å²) in [6.45, 7) is 12.7. The Hall–Kier alpha value is -4.88. The highest BCUT2D eigenvalue weighted by molar-refractivity contribution is 5.94. The van der Waals surface area contributed by atoms with E-state index in [0.29, 0.717) is 44.8 Å². The van der Waals surface area contributed by atoms with Crippen molar-refractivity contribution < 1.29 is 14.3 Å². The Morgan fingerprint density at radius 2 is 1.77 bits per heavy atom. The fraction of sp³-hybridized carbons (Fsp3) is 0.405. The van der Waals surface area contributed by atoms with Gasteiger partial charge in [0.25, 0.3) is 0 Å². The smallest absolute Gasteiger partial charge is 0.410 e. The first-order valence-corrected chi connectivity index (χ1v) is 16.6. The number of nitrogens with zero attached hydrogens (tertiary/aromatic N) is 7. The fourth-order valence-electron chi connectivity index (χ4n) is 7.12. The number of carbonyl (C=O) groups excluding carboxylic acids is 1. The topological polar surface area (TPSA) is 78.6 Å². The Bertz CT molecular complexity index is 1760. The predicted molar refractivity (Wildman–Crippen MR) is 183 cm³/mol. The van der Waals surface area contributed by atoms with Gasteiger partial charge in [0.15, 0.2) is 0 Å². The molecule has 242 valence electrons. The molecule has 10 nitrogen and oxygen atoms in total. The van der Waals surface area contributed by atoms with Crippen LogP contribution >= 0.6 is 0 Å². The summed E-state index contributed by atoms with van der Waals surface area (Å²) in [4.78, 5) is 35.6. The van der Waals surface area contributed by atoms with Gasteiger partial charge in [-0.25, -0.2) is 11.4 Å². The van der Waals surface area contributed by atoms with E-state index in [2.05, 4.69) is 69.1 Å². The lowest BCUT2D eigenvalue weighted by Gasteiger charge is -2.40. The first kappa shape index (κ1) is 30.8. The van der Waals surface area contributed by atoms with Crippen LogP contribution in [0.15, 0.2) is 72.8 Å². The second-order valence-electron chi connectivity index (χ2n) is 12.7. The van der Waals surface area contributed by atoms with Gasteiger partial charge >= 0.3 is 12.1 Å². The molecule has 0 saturated carbocycles. The number of fused-ring (bicyclic) bond motifs is 2. The summed E-state index contributed by atoms with van der Waals surface area (Å²) in [5, 5.41) is 2.45. The van der Waals surface area contributed by atoms with Gasteiger partial charge in [0.2, 0.25) is 6.54 Å². The molecule has 3 aliphatic rings. The molecule has 7 rings (SSSR count). The number of likely N-dealkylation sites (N-methyl/N-ethyl adjacent to an activating group) is 1. The van der Waals surface area contributed by atoms with Crippen LogP contribution in [-0.4, -0.2) is 90.9 Å². The molecule has 0 bridgehead atoms. The van der Waals surface area contributed by atoms with Crippen molar-refractivity contribution in [2.24, 2.45) is 0 Å². The van der Waals surface area contributed by atoms with Gasteiger partial charge in [0, 0.05) is 48.9 Å². The van der Waals surface area contributed by atoms with Crippen molar-refractivity contribution in [3.05, 3.63) is 101 Å². The summed E-state index contributed by atoms with van der Waals surface area (Å²) in [6, 6.07) is 25.0. The van der Waals surface area contributed by atoms with Crippen molar-refractivity contribution in [3.8, 4) is 6.01 Å².